The highest BCUT2D eigenvalue weighted by atomic mass is 19.4. The lowest BCUT2D eigenvalue weighted by atomic mass is 10.1. The fourth-order valence-electron chi connectivity index (χ4n) is 3.22. The van der Waals surface area contributed by atoms with E-state index in [9.17, 15) is 22.0 Å². The van der Waals surface area contributed by atoms with E-state index in [1.54, 1.807) is 42.5 Å². The van der Waals surface area contributed by atoms with Crippen LogP contribution in [0.3, 0.4) is 0 Å². The first-order valence-electron chi connectivity index (χ1n) is 9.90. The molecule has 0 atom stereocenters. The highest BCUT2D eigenvalue weighted by molar-refractivity contribution is 5.73. The number of allylic oxidation sites excluding steroid dienone is 4. The Morgan fingerprint density at radius 3 is 1.82 bits per heavy atom. The van der Waals surface area contributed by atoms with Gasteiger partial charge < -0.3 is 10.1 Å². The molecule has 0 bridgehead atoms. The Morgan fingerprint density at radius 1 is 0.758 bits per heavy atom. The lowest BCUT2D eigenvalue weighted by molar-refractivity contribution is -0.303. The monoisotopic (exact) mass is 456 g/mol. The quantitative estimate of drug-likeness (QED) is 0.407. The van der Waals surface area contributed by atoms with Crippen LogP contribution in [-0.4, -0.2) is 11.3 Å². The Morgan fingerprint density at radius 2 is 1.30 bits per heavy atom. The smallest absolute Gasteiger partial charge is 0.406 e. The summed E-state index contributed by atoms with van der Waals surface area (Å²) in [6.45, 7) is 0. The molecule has 0 aliphatic heterocycles. The minimum Gasteiger partial charge on any atom is -0.406 e. The number of anilines is 1. The van der Waals surface area contributed by atoms with E-state index in [2.05, 4.69) is 15.0 Å². The highest BCUT2D eigenvalue weighted by Crippen LogP contribution is 2.29. The standard InChI is InChI=1S/C25H17F5N2O/c26-18-8-4-16(5-9-18)23-14-21(15-24(32-23)17-6-10-19(27)11-7-17)31-20-2-1-3-22(13-12-20)33-25(28,29)30/h2-15H,1H2,(H,31,32). The fraction of sp³-hybridized carbons (Fsp3) is 0.0800. The normalized spacial score (nSPS) is 13.7. The van der Waals surface area contributed by atoms with Crippen LogP contribution in [0.5, 0.6) is 0 Å². The molecule has 0 amide bonds. The zero-order chi connectivity index (χ0) is 23.4. The molecule has 3 aromatic rings. The Bertz CT molecular complexity index is 1160. The van der Waals surface area contributed by atoms with Crippen LogP contribution in [-0.2, 0) is 4.74 Å². The van der Waals surface area contributed by atoms with E-state index in [-0.39, 0.29) is 23.8 Å². The molecule has 4 rings (SSSR count). The number of pyridine rings is 1. The van der Waals surface area contributed by atoms with Gasteiger partial charge >= 0.3 is 6.36 Å². The number of nitrogens with zero attached hydrogens (tertiary/aromatic N) is 1. The van der Waals surface area contributed by atoms with Crippen LogP contribution in [0.15, 0.2) is 96.4 Å². The van der Waals surface area contributed by atoms with Crippen molar-refractivity contribution in [1.82, 2.24) is 4.98 Å². The molecule has 0 radical (unpaired) electrons. The molecule has 0 saturated heterocycles. The first kappa shape index (κ1) is 22.3. The second-order valence-corrected chi connectivity index (χ2v) is 7.15. The SMILES string of the molecule is Fc1ccc(-c2cc(NC3=CCC=C(OC(F)(F)F)C=C3)cc(-c3ccc(F)cc3)n2)cc1. The average Bonchev–Trinajstić information content (AvgIpc) is 2.98. The lowest BCUT2D eigenvalue weighted by Crippen LogP contribution is -2.11. The Balaban J connectivity index is 1.66. The molecule has 8 heteroatoms. The second-order valence-electron chi connectivity index (χ2n) is 7.15. The first-order chi connectivity index (χ1) is 15.7. The van der Waals surface area contributed by atoms with Gasteiger partial charge in [0.25, 0.3) is 0 Å². The number of hydrogen-bond acceptors (Lipinski definition) is 3. The van der Waals surface area contributed by atoms with Crippen LogP contribution in [0.2, 0.25) is 0 Å². The fourth-order valence-corrected chi connectivity index (χ4v) is 3.22. The van der Waals surface area contributed by atoms with Crippen LogP contribution in [0.4, 0.5) is 27.6 Å². The molecule has 1 N–H and O–H groups in total. The topological polar surface area (TPSA) is 34.1 Å². The van der Waals surface area contributed by atoms with Crippen LogP contribution < -0.4 is 5.32 Å². The highest BCUT2D eigenvalue weighted by Gasteiger charge is 2.31. The molecule has 168 valence electrons. The molecule has 0 fully saturated rings. The number of nitrogens with one attached hydrogen (secondary N) is 1. The van der Waals surface area contributed by atoms with Crippen LogP contribution in [0, 0.1) is 11.6 Å². The van der Waals surface area contributed by atoms with Crippen LogP contribution in [0.1, 0.15) is 6.42 Å². The van der Waals surface area contributed by atoms with Crippen molar-refractivity contribution in [2.75, 3.05) is 5.32 Å². The van der Waals surface area contributed by atoms with Crippen molar-refractivity contribution in [2.24, 2.45) is 0 Å². The Kier molecular flexibility index (Phi) is 6.26. The van der Waals surface area contributed by atoms with E-state index in [4.69, 9.17) is 0 Å². The summed E-state index contributed by atoms with van der Waals surface area (Å²) >= 11 is 0. The molecule has 0 unspecified atom stereocenters. The number of halogens is 5. The van der Waals surface area contributed by atoms with Gasteiger partial charge in [-0.25, -0.2) is 13.8 Å². The Labute approximate surface area is 186 Å². The molecule has 3 nitrogen and oxygen atoms in total. The third-order valence-corrected chi connectivity index (χ3v) is 4.71. The molecule has 1 heterocycles. The maximum absolute atomic E-state index is 13.4. The van der Waals surface area contributed by atoms with Crippen molar-refractivity contribution < 1.29 is 26.7 Å². The van der Waals surface area contributed by atoms with Gasteiger partial charge in [-0.3, -0.25) is 0 Å². The molecular weight excluding hydrogens is 439 g/mol. The van der Waals surface area contributed by atoms with Gasteiger partial charge in [0.05, 0.1) is 11.4 Å². The van der Waals surface area contributed by atoms with Gasteiger partial charge in [-0.05, 0) is 85.3 Å². The molecule has 0 spiro atoms. The van der Waals surface area contributed by atoms with E-state index in [1.165, 1.54) is 42.5 Å². The first-order valence-corrected chi connectivity index (χ1v) is 9.90. The van der Waals surface area contributed by atoms with Crippen molar-refractivity contribution >= 4 is 5.69 Å². The summed E-state index contributed by atoms with van der Waals surface area (Å²) < 4.78 is 68.2. The minimum absolute atomic E-state index is 0.224. The summed E-state index contributed by atoms with van der Waals surface area (Å²) in [5.41, 5.74) is 3.55. The van der Waals surface area contributed by atoms with Crippen molar-refractivity contribution in [3.05, 3.63) is 108 Å². The summed E-state index contributed by atoms with van der Waals surface area (Å²) in [5.74, 6) is -1.07. The molecular formula is C25H17F5N2O. The van der Waals surface area contributed by atoms with Gasteiger partial charge in [-0.1, -0.05) is 6.08 Å². The maximum Gasteiger partial charge on any atom is 0.573 e. The summed E-state index contributed by atoms with van der Waals surface area (Å²) in [7, 11) is 0. The number of aromatic nitrogens is 1. The van der Waals surface area contributed by atoms with Gasteiger partial charge in [-0.2, -0.15) is 0 Å². The molecule has 1 aliphatic carbocycles. The number of hydrogen-bond donors (Lipinski definition) is 1. The zero-order valence-corrected chi connectivity index (χ0v) is 17.0. The van der Waals surface area contributed by atoms with E-state index in [1.807, 2.05) is 0 Å². The van der Waals surface area contributed by atoms with Crippen molar-refractivity contribution in [1.29, 1.82) is 0 Å². The molecule has 1 aromatic heterocycles. The van der Waals surface area contributed by atoms with E-state index < -0.39 is 6.36 Å². The number of benzene rings is 2. The van der Waals surface area contributed by atoms with Crippen molar-refractivity contribution in [3.8, 4) is 22.5 Å². The number of ether oxygens (including phenoxy) is 1. The zero-order valence-electron chi connectivity index (χ0n) is 17.0. The number of alkyl halides is 3. The summed E-state index contributed by atoms with van der Waals surface area (Å²) in [4.78, 5) is 4.62. The van der Waals surface area contributed by atoms with E-state index >= 15 is 0 Å². The van der Waals surface area contributed by atoms with Crippen LogP contribution in [0.25, 0.3) is 22.5 Å². The average molecular weight is 456 g/mol. The summed E-state index contributed by atoms with van der Waals surface area (Å²) in [6, 6.07) is 15.1. The maximum atomic E-state index is 13.4. The molecule has 0 saturated carbocycles. The Hall–Kier alpha value is -3.94. The lowest BCUT2D eigenvalue weighted by Gasteiger charge is -2.12. The van der Waals surface area contributed by atoms with E-state index in [0.717, 1.165) is 0 Å². The predicted molar refractivity (Wildman–Crippen MR) is 116 cm³/mol. The van der Waals surface area contributed by atoms with Gasteiger partial charge in [0, 0.05) is 22.5 Å². The third-order valence-electron chi connectivity index (χ3n) is 4.71. The van der Waals surface area contributed by atoms with E-state index in [0.29, 0.717) is 33.9 Å². The van der Waals surface area contributed by atoms with Gasteiger partial charge in [0.1, 0.15) is 17.4 Å². The molecule has 1 aliphatic rings. The summed E-state index contributed by atoms with van der Waals surface area (Å²) in [6.07, 6.45) is 1.18. The largest absolute Gasteiger partial charge is 0.573 e. The molecule has 2 aromatic carbocycles. The van der Waals surface area contributed by atoms with Crippen molar-refractivity contribution in [2.45, 2.75) is 12.8 Å². The second kappa shape index (κ2) is 9.28. The number of rotatable bonds is 5. The van der Waals surface area contributed by atoms with Crippen molar-refractivity contribution in [3.63, 3.8) is 0 Å². The van der Waals surface area contributed by atoms with Gasteiger partial charge in [-0.15, -0.1) is 13.2 Å². The minimum atomic E-state index is -4.77. The van der Waals surface area contributed by atoms with Gasteiger partial charge in [0.2, 0.25) is 0 Å². The third kappa shape index (κ3) is 6.06. The summed E-state index contributed by atoms with van der Waals surface area (Å²) in [5, 5.41) is 3.16. The predicted octanol–water partition coefficient (Wildman–Crippen LogP) is 7.37. The molecule has 33 heavy (non-hydrogen) atoms. The van der Waals surface area contributed by atoms with Crippen LogP contribution >= 0.6 is 0 Å². The van der Waals surface area contributed by atoms with Gasteiger partial charge in [0.15, 0.2) is 0 Å².